The first-order valence-electron chi connectivity index (χ1n) is 7.06. The van der Waals surface area contributed by atoms with Crippen LogP contribution in [0.15, 0.2) is 12.4 Å². The van der Waals surface area contributed by atoms with Crippen molar-refractivity contribution in [3.8, 4) is 0 Å². The van der Waals surface area contributed by atoms with Gasteiger partial charge < -0.3 is 0 Å². The molecule has 2 aliphatic heterocycles. The number of nitrogens with zero attached hydrogens (tertiary/aromatic N) is 3. The Bertz CT molecular complexity index is 405. The summed E-state index contributed by atoms with van der Waals surface area (Å²) in [6.45, 7) is 4.81. The van der Waals surface area contributed by atoms with Crippen LogP contribution < -0.4 is 0 Å². The Labute approximate surface area is 103 Å². The van der Waals surface area contributed by atoms with Crippen LogP contribution in [0, 0.1) is 18.8 Å². The van der Waals surface area contributed by atoms with Crippen molar-refractivity contribution < 1.29 is 0 Å². The second kappa shape index (κ2) is 3.58. The summed E-state index contributed by atoms with van der Waals surface area (Å²) in [6.07, 6.45) is 9.77. The average Bonchev–Trinajstić information content (AvgIpc) is 3.19. The third-order valence-corrected chi connectivity index (χ3v) is 4.95. The molecule has 17 heavy (non-hydrogen) atoms. The van der Waals surface area contributed by atoms with E-state index in [1.54, 1.807) is 0 Å². The molecule has 0 spiro atoms. The fraction of sp³-hybridized carbons (Fsp3) is 0.786. The maximum atomic E-state index is 4.52. The van der Waals surface area contributed by atoms with Gasteiger partial charge in [0.05, 0.1) is 12.2 Å². The van der Waals surface area contributed by atoms with Gasteiger partial charge in [0, 0.05) is 25.3 Å². The molecule has 92 valence electrons. The lowest BCUT2D eigenvalue weighted by Crippen LogP contribution is -2.14. The van der Waals surface area contributed by atoms with Crippen molar-refractivity contribution in [3.63, 3.8) is 0 Å². The van der Waals surface area contributed by atoms with Gasteiger partial charge in [-0.3, -0.25) is 9.58 Å². The van der Waals surface area contributed by atoms with Crippen molar-refractivity contribution >= 4 is 0 Å². The number of hydrogen-bond donors (Lipinski definition) is 0. The molecule has 3 fully saturated rings. The molecular weight excluding hydrogens is 210 g/mol. The summed E-state index contributed by atoms with van der Waals surface area (Å²) in [6, 6.07) is 1.61. The highest BCUT2D eigenvalue weighted by Gasteiger charge is 2.52. The van der Waals surface area contributed by atoms with E-state index in [-0.39, 0.29) is 0 Å². The predicted octanol–water partition coefficient (Wildman–Crippen LogP) is 2.24. The van der Waals surface area contributed by atoms with Gasteiger partial charge in [-0.05, 0) is 50.0 Å². The van der Waals surface area contributed by atoms with Gasteiger partial charge in [-0.15, -0.1) is 0 Å². The minimum atomic E-state index is 0.643. The van der Waals surface area contributed by atoms with E-state index >= 15 is 0 Å². The Morgan fingerprint density at radius 3 is 3.06 bits per heavy atom. The smallest absolute Gasteiger partial charge is 0.0531 e. The van der Waals surface area contributed by atoms with Gasteiger partial charge in [0.15, 0.2) is 0 Å². The van der Waals surface area contributed by atoms with Crippen LogP contribution in [-0.2, 0) is 0 Å². The molecule has 0 bridgehead atoms. The molecule has 2 saturated heterocycles. The summed E-state index contributed by atoms with van der Waals surface area (Å²) >= 11 is 0. The maximum absolute atomic E-state index is 4.52. The fourth-order valence-corrected chi connectivity index (χ4v) is 3.69. The lowest BCUT2D eigenvalue weighted by Gasteiger charge is -2.17. The molecule has 3 aliphatic rings. The molecule has 4 rings (SSSR count). The first-order valence-corrected chi connectivity index (χ1v) is 7.06. The van der Waals surface area contributed by atoms with Crippen molar-refractivity contribution in [2.24, 2.45) is 11.8 Å². The van der Waals surface area contributed by atoms with Crippen LogP contribution in [0.4, 0.5) is 0 Å². The maximum Gasteiger partial charge on any atom is 0.0531 e. The largest absolute Gasteiger partial charge is 0.297 e. The van der Waals surface area contributed by atoms with Crippen molar-refractivity contribution in [2.45, 2.75) is 44.7 Å². The number of fused-ring (bicyclic) bond motifs is 3. The fourth-order valence-electron chi connectivity index (χ4n) is 3.69. The minimum Gasteiger partial charge on any atom is -0.297 e. The normalized spacial score (nSPS) is 43.9. The lowest BCUT2D eigenvalue weighted by molar-refractivity contribution is 0.355. The van der Waals surface area contributed by atoms with E-state index in [0.717, 1.165) is 17.9 Å². The summed E-state index contributed by atoms with van der Waals surface area (Å²) in [4.78, 5) is 2.68. The molecule has 5 unspecified atom stereocenters. The molecular formula is C14H21N3. The quantitative estimate of drug-likeness (QED) is 0.691. The Kier molecular flexibility index (Phi) is 2.13. The molecule has 0 aromatic carbocycles. The highest BCUT2D eigenvalue weighted by Crippen LogP contribution is 2.52. The van der Waals surface area contributed by atoms with Gasteiger partial charge >= 0.3 is 0 Å². The van der Waals surface area contributed by atoms with Crippen LogP contribution in [0.25, 0.3) is 0 Å². The van der Waals surface area contributed by atoms with E-state index in [1.165, 1.54) is 44.3 Å². The summed E-state index contributed by atoms with van der Waals surface area (Å²) in [5, 5.41) is 4.52. The van der Waals surface area contributed by atoms with Crippen LogP contribution in [0.5, 0.6) is 0 Å². The Morgan fingerprint density at radius 2 is 2.24 bits per heavy atom. The van der Waals surface area contributed by atoms with Gasteiger partial charge in [0.2, 0.25) is 0 Å². The number of aromatic nitrogens is 2. The average molecular weight is 231 g/mol. The zero-order valence-corrected chi connectivity index (χ0v) is 10.5. The lowest BCUT2D eigenvalue weighted by atomic mass is 10.0. The van der Waals surface area contributed by atoms with Gasteiger partial charge in [-0.2, -0.15) is 5.10 Å². The van der Waals surface area contributed by atoms with Gasteiger partial charge in [-0.25, -0.2) is 0 Å². The summed E-state index contributed by atoms with van der Waals surface area (Å²) in [5.41, 5.74) is 1.29. The third kappa shape index (κ3) is 1.81. The number of hydrogen-bond acceptors (Lipinski definition) is 2. The highest BCUT2D eigenvalue weighted by molar-refractivity contribution is 5.06. The second-order valence-electron chi connectivity index (χ2n) is 6.24. The van der Waals surface area contributed by atoms with Crippen LogP contribution in [-0.4, -0.2) is 33.8 Å². The van der Waals surface area contributed by atoms with Crippen molar-refractivity contribution in [1.82, 2.24) is 14.7 Å². The molecule has 0 amide bonds. The van der Waals surface area contributed by atoms with E-state index in [2.05, 4.69) is 27.8 Å². The summed E-state index contributed by atoms with van der Waals surface area (Å²) < 4.78 is 2.22. The van der Waals surface area contributed by atoms with Gasteiger partial charge in [0.1, 0.15) is 0 Å². The Balaban J connectivity index is 1.51. The molecule has 5 atom stereocenters. The van der Waals surface area contributed by atoms with Crippen molar-refractivity contribution in [1.29, 1.82) is 0 Å². The molecule has 0 radical (unpaired) electrons. The van der Waals surface area contributed by atoms with Gasteiger partial charge in [0.25, 0.3) is 0 Å². The second-order valence-corrected chi connectivity index (χ2v) is 6.24. The highest BCUT2D eigenvalue weighted by atomic mass is 15.3. The Morgan fingerprint density at radius 1 is 1.29 bits per heavy atom. The van der Waals surface area contributed by atoms with E-state index in [9.17, 15) is 0 Å². The molecule has 1 aliphatic carbocycles. The molecule has 1 aromatic rings. The Hall–Kier alpha value is -0.830. The van der Waals surface area contributed by atoms with E-state index in [1.807, 2.05) is 6.20 Å². The predicted molar refractivity (Wildman–Crippen MR) is 66.8 cm³/mol. The van der Waals surface area contributed by atoms with Crippen LogP contribution in [0.2, 0.25) is 0 Å². The molecule has 1 aromatic heterocycles. The standard InChI is InChI=1S/C14H21N3/c1-10-7-15-17(8-10)12-3-2-11-6-13(11)14-9-16(14)5-4-12/h7-8,11-14H,2-6,9H2,1H3. The van der Waals surface area contributed by atoms with Crippen LogP contribution in [0.1, 0.15) is 37.3 Å². The third-order valence-electron chi connectivity index (χ3n) is 4.95. The number of aryl methyl sites for hydroxylation is 1. The molecule has 3 heteroatoms. The van der Waals surface area contributed by atoms with E-state index in [0.29, 0.717) is 6.04 Å². The summed E-state index contributed by atoms with van der Waals surface area (Å²) in [7, 11) is 0. The van der Waals surface area contributed by atoms with E-state index < -0.39 is 0 Å². The molecule has 3 heterocycles. The topological polar surface area (TPSA) is 20.8 Å². The first kappa shape index (κ1) is 10.1. The SMILES string of the molecule is Cc1cnn(C2CCC3CC3C3CN3CC2)c1. The van der Waals surface area contributed by atoms with Gasteiger partial charge in [-0.1, -0.05) is 0 Å². The van der Waals surface area contributed by atoms with E-state index in [4.69, 9.17) is 0 Å². The zero-order valence-electron chi connectivity index (χ0n) is 10.5. The van der Waals surface area contributed by atoms with Crippen LogP contribution >= 0.6 is 0 Å². The first-order chi connectivity index (χ1) is 8.31. The van der Waals surface area contributed by atoms with Crippen molar-refractivity contribution in [3.05, 3.63) is 18.0 Å². The zero-order chi connectivity index (χ0) is 11.4. The monoisotopic (exact) mass is 231 g/mol. The van der Waals surface area contributed by atoms with Crippen molar-refractivity contribution in [2.75, 3.05) is 13.1 Å². The minimum absolute atomic E-state index is 0.643. The molecule has 3 nitrogen and oxygen atoms in total. The number of rotatable bonds is 1. The molecule has 0 N–H and O–H groups in total. The molecule has 1 saturated carbocycles. The summed E-state index contributed by atoms with van der Waals surface area (Å²) in [5.74, 6) is 2.11. The van der Waals surface area contributed by atoms with Crippen LogP contribution in [0.3, 0.4) is 0 Å².